The number of benzene rings is 3. The van der Waals surface area contributed by atoms with Crippen molar-refractivity contribution in [3.05, 3.63) is 72.1 Å². The Bertz CT molecular complexity index is 1210. The van der Waals surface area contributed by atoms with Gasteiger partial charge in [0.1, 0.15) is 17.4 Å². The number of aromatic nitrogens is 2. The van der Waals surface area contributed by atoms with E-state index in [-0.39, 0.29) is 0 Å². The van der Waals surface area contributed by atoms with Crippen molar-refractivity contribution in [1.29, 1.82) is 0 Å². The average Bonchev–Trinajstić information content (AvgIpc) is 3.14. The van der Waals surface area contributed by atoms with Crippen LogP contribution < -0.4 is 0 Å². The zero-order chi connectivity index (χ0) is 16.3. The first-order valence-electron chi connectivity index (χ1n) is 8.08. The number of nitrogens with zero attached hydrogens (tertiary/aromatic N) is 2. The molecule has 0 fully saturated rings. The highest BCUT2D eigenvalue weighted by Crippen LogP contribution is 2.35. The van der Waals surface area contributed by atoms with E-state index in [2.05, 4.69) is 71.9 Å². The monoisotopic (exact) mass is 312 g/mol. The summed E-state index contributed by atoms with van der Waals surface area (Å²) in [4.78, 5) is 4.68. The van der Waals surface area contributed by atoms with E-state index in [9.17, 15) is 0 Å². The lowest BCUT2D eigenvalue weighted by Crippen LogP contribution is -1.97. The summed E-state index contributed by atoms with van der Waals surface area (Å²) in [6.45, 7) is 4.23. The Morgan fingerprint density at radius 1 is 0.875 bits per heavy atom. The van der Waals surface area contributed by atoms with Gasteiger partial charge in [0.2, 0.25) is 5.71 Å². The van der Waals surface area contributed by atoms with Gasteiger partial charge < -0.3 is 4.42 Å². The molecule has 3 heteroatoms. The van der Waals surface area contributed by atoms with Gasteiger partial charge in [-0.3, -0.25) is 4.57 Å². The van der Waals surface area contributed by atoms with Crippen LogP contribution in [0.1, 0.15) is 11.1 Å². The number of hydrogen-bond donors (Lipinski definition) is 0. The SMILES string of the molecule is Cc1cccc(C)c1-n1cnc2c3c(ccc4ccccc43)oc21. The van der Waals surface area contributed by atoms with E-state index in [1.165, 1.54) is 21.9 Å². The summed E-state index contributed by atoms with van der Waals surface area (Å²) >= 11 is 0. The predicted molar refractivity (Wildman–Crippen MR) is 97.8 cm³/mol. The molecule has 3 aromatic carbocycles. The maximum atomic E-state index is 6.20. The molecule has 5 rings (SSSR count). The molecule has 3 nitrogen and oxygen atoms in total. The van der Waals surface area contributed by atoms with Gasteiger partial charge in [-0.2, -0.15) is 0 Å². The normalized spacial score (nSPS) is 11.8. The summed E-state index contributed by atoms with van der Waals surface area (Å²) in [6, 6.07) is 18.8. The summed E-state index contributed by atoms with van der Waals surface area (Å²) < 4.78 is 8.26. The van der Waals surface area contributed by atoms with Crippen LogP contribution in [-0.2, 0) is 0 Å². The molecule has 0 unspecified atom stereocenters. The number of fused-ring (bicyclic) bond motifs is 5. The molecular weight excluding hydrogens is 296 g/mol. The lowest BCUT2D eigenvalue weighted by Gasteiger charge is -2.09. The third-order valence-corrected chi connectivity index (χ3v) is 4.74. The molecule has 0 atom stereocenters. The summed E-state index contributed by atoms with van der Waals surface area (Å²) in [7, 11) is 0. The Hall–Kier alpha value is -3.07. The van der Waals surface area contributed by atoms with Gasteiger partial charge in [-0.25, -0.2) is 4.98 Å². The summed E-state index contributed by atoms with van der Waals surface area (Å²) in [5.74, 6) is 0. The Morgan fingerprint density at radius 3 is 2.50 bits per heavy atom. The number of furan rings is 1. The van der Waals surface area contributed by atoms with Crippen LogP contribution in [0.5, 0.6) is 0 Å². The van der Waals surface area contributed by atoms with Crippen LogP contribution >= 0.6 is 0 Å². The molecule has 0 spiro atoms. The molecule has 0 radical (unpaired) electrons. The zero-order valence-corrected chi connectivity index (χ0v) is 13.6. The number of aryl methyl sites for hydroxylation is 2. The fourth-order valence-electron chi connectivity index (χ4n) is 3.64. The second kappa shape index (κ2) is 4.71. The predicted octanol–water partition coefficient (Wildman–Crippen LogP) is 5.54. The zero-order valence-electron chi connectivity index (χ0n) is 13.6. The summed E-state index contributed by atoms with van der Waals surface area (Å²) in [6.07, 6.45) is 1.87. The first-order valence-corrected chi connectivity index (χ1v) is 8.08. The minimum Gasteiger partial charge on any atom is -0.437 e. The van der Waals surface area contributed by atoms with Crippen LogP contribution in [0.25, 0.3) is 38.7 Å². The molecule has 0 amide bonds. The van der Waals surface area contributed by atoms with Crippen LogP contribution in [0.3, 0.4) is 0 Å². The Morgan fingerprint density at radius 2 is 1.67 bits per heavy atom. The average molecular weight is 312 g/mol. The molecule has 2 heterocycles. The number of para-hydroxylation sites is 1. The van der Waals surface area contributed by atoms with Gasteiger partial charge in [0, 0.05) is 0 Å². The van der Waals surface area contributed by atoms with Gasteiger partial charge in [-0.1, -0.05) is 48.5 Å². The van der Waals surface area contributed by atoms with Gasteiger partial charge in [-0.15, -0.1) is 0 Å². The fraction of sp³-hybridized carbons (Fsp3) is 0.0952. The molecule has 24 heavy (non-hydrogen) atoms. The van der Waals surface area contributed by atoms with Crippen molar-refractivity contribution in [3.63, 3.8) is 0 Å². The molecule has 0 N–H and O–H groups in total. The summed E-state index contributed by atoms with van der Waals surface area (Å²) in [5, 5.41) is 3.47. The van der Waals surface area contributed by atoms with Gasteiger partial charge in [0.05, 0.1) is 11.1 Å². The largest absolute Gasteiger partial charge is 0.437 e. The Labute approximate surface area is 139 Å². The first kappa shape index (κ1) is 13.4. The van der Waals surface area contributed by atoms with E-state index in [0.717, 1.165) is 27.9 Å². The van der Waals surface area contributed by atoms with E-state index in [1.807, 2.05) is 12.4 Å². The van der Waals surface area contributed by atoms with E-state index in [1.54, 1.807) is 0 Å². The summed E-state index contributed by atoms with van der Waals surface area (Å²) in [5.41, 5.74) is 6.16. The molecule has 0 aliphatic carbocycles. The van der Waals surface area contributed by atoms with Crippen LogP contribution in [0.2, 0.25) is 0 Å². The number of hydrogen-bond acceptors (Lipinski definition) is 2. The molecule has 0 saturated heterocycles. The highest BCUT2D eigenvalue weighted by Gasteiger charge is 2.17. The van der Waals surface area contributed by atoms with E-state index in [0.29, 0.717) is 0 Å². The van der Waals surface area contributed by atoms with Gasteiger partial charge in [0.25, 0.3) is 0 Å². The van der Waals surface area contributed by atoms with Crippen LogP contribution in [0.4, 0.5) is 0 Å². The molecule has 2 aromatic heterocycles. The second-order valence-electron chi connectivity index (χ2n) is 6.27. The van der Waals surface area contributed by atoms with Crippen molar-refractivity contribution in [3.8, 4) is 5.69 Å². The highest BCUT2D eigenvalue weighted by molar-refractivity contribution is 6.17. The third kappa shape index (κ3) is 1.69. The van der Waals surface area contributed by atoms with E-state index < -0.39 is 0 Å². The Balaban J connectivity index is 1.93. The highest BCUT2D eigenvalue weighted by atomic mass is 16.3. The van der Waals surface area contributed by atoms with Crippen molar-refractivity contribution < 1.29 is 4.42 Å². The second-order valence-corrected chi connectivity index (χ2v) is 6.27. The van der Waals surface area contributed by atoms with Crippen molar-refractivity contribution in [2.24, 2.45) is 0 Å². The molecule has 0 aliphatic heterocycles. The smallest absolute Gasteiger partial charge is 0.232 e. The quantitative estimate of drug-likeness (QED) is 0.407. The molecule has 5 aromatic rings. The maximum Gasteiger partial charge on any atom is 0.232 e. The molecule has 0 saturated carbocycles. The molecule has 116 valence electrons. The van der Waals surface area contributed by atoms with Crippen LogP contribution in [0.15, 0.2) is 65.3 Å². The number of imidazole rings is 1. The van der Waals surface area contributed by atoms with Gasteiger partial charge in [0.15, 0.2) is 0 Å². The third-order valence-electron chi connectivity index (χ3n) is 4.74. The van der Waals surface area contributed by atoms with E-state index in [4.69, 9.17) is 4.42 Å². The molecule has 0 bridgehead atoms. The maximum absolute atomic E-state index is 6.20. The molecular formula is C21H16N2O. The van der Waals surface area contributed by atoms with Crippen molar-refractivity contribution in [1.82, 2.24) is 9.55 Å². The Kier molecular flexibility index (Phi) is 2.63. The minimum absolute atomic E-state index is 0.804. The number of rotatable bonds is 1. The molecule has 0 aliphatic rings. The topological polar surface area (TPSA) is 31.0 Å². The van der Waals surface area contributed by atoms with Crippen LogP contribution in [0, 0.1) is 13.8 Å². The van der Waals surface area contributed by atoms with Crippen molar-refractivity contribution in [2.75, 3.05) is 0 Å². The van der Waals surface area contributed by atoms with Crippen LogP contribution in [-0.4, -0.2) is 9.55 Å². The standard InChI is InChI=1S/C21H16N2O/c1-13-6-5-7-14(2)20(13)23-12-22-19-18-16-9-4-3-8-15(16)10-11-17(18)24-21(19)23/h3-12H,1-2H3. The van der Waals surface area contributed by atoms with Gasteiger partial charge >= 0.3 is 0 Å². The van der Waals surface area contributed by atoms with Crippen molar-refractivity contribution in [2.45, 2.75) is 13.8 Å². The van der Waals surface area contributed by atoms with E-state index >= 15 is 0 Å². The minimum atomic E-state index is 0.804. The fourth-order valence-corrected chi connectivity index (χ4v) is 3.64. The first-order chi connectivity index (χ1) is 11.7. The van der Waals surface area contributed by atoms with Gasteiger partial charge in [-0.05, 0) is 41.8 Å². The lowest BCUT2D eigenvalue weighted by atomic mass is 10.1. The van der Waals surface area contributed by atoms with Crippen molar-refractivity contribution >= 4 is 33.0 Å². The lowest BCUT2D eigenvalue weighted by molar-refractivity contribution is 0.642.